The van der Waals surface area contributed by atoms with Gasteiger partial charge in [-0.2, -0.15) is 4.31 Å². The number of carbonyl (C=O) groups excluding carboxylic acids is 1. The number of ether oxygens (including phenoxy) is 2. The highest BCUT2D eigenvalue weighted by molar-refractivity contribution is 7.89. The van der Waals surface area contributed by atoms with Gasteiger partial charge in [-0.1, -0.05) is 12.1 Å². The van der Waals surface area contributed by atoms with Crippen molar-refractivity contribution in [2.75, 3.05) is 26.8 Å². The second kappa shape index (κ2) is 8.35. The maximum atomic E-state index is 12.7. The molecule has 0 saturated carbocycles. The van der Waals surface area contributed by atoms with Crippen LogP contribution in [0.2, 0.25) is 0 Å². The minimum absolute atomic E-state index is 0.000928. The summed E-state index contributed by atoms with van der Waals surface area (Å²) in [5, 5.41) is 0. The number of nitrogens with zero attached hydrogens (tertiary/aromatic N) is 1. The van der Waals surface area contributed by atoms with Gasteiger partial charge in [0.15, 0.2) is 0 Å². The molecule has 0 radical (unpaired) electrons. The molecule has 0 amide bonds. The van der Waals surface area contributed by atoms with Crippen LogP contribution < -0.4 is 0 Å². The maximum Gasteiger partial charge on any atom is 0.330 e. The van der Waals surface area contributed by atoms with Crippen LogP contribution in [0, 0.1) is 0 Å². The number of epoxide rings is 1. The number of thiophene rings is 1. The monoisotopic (exact) mass is 407 g/mol. The van der Waals surface area contributed by atoms with E-state index in [0.717, 1.165) is 15.3 Å². The fraction of sp³-hybridized carbons (Fsp3) is 0.316. The number of esters is 1. The van der Waals surface area contributed by atoms with Crippen molar-refractivity contribution in [2.24, 2.45) is 0 Å². The molecule has 1 saturated heterocycles. The Hall–Kier alpha value is -2.00. The van der Waals surface area contributed by atoms with Crippen LogP contribution >= 0.6 is 11.3 Å². The van der Waals surface area contributed by atoms with Crippen molar-refractivity contribution >= 4 is 33.4 Å². The molecule has 27 heavy (non-hydrogen) atoms. The third-order valence-electron chi connectivity index (χ3n) is 3.99. The topological polar surface area (TPSA) is 76.2 Å². The quantitative estimate of drug-likeness (QED) is 0.382. The average Bonchev–Trinajstić information content (AvgIpc) is 3.33. The van der Waals surface area contributed by atoms with Gasteiger partial charge in [0, 0.05) is 29.4 Å². The lowest BCUT2D eigenvalue weighted by Gasteiger charge is -2.16. The molecule has 0 aliphatic carbocycles. The Morgan fingerprint density at radius 1 is 1.37 bits per heavy atom. The summed E-state index contributed by atoms with van der Waals surface area (Å²) in [5.41, 5.74) is 0.813. The Labute approximate surface area is 163 Å². The average molecular weight is 408 g/mol. The van der Waals surface area contributed by atoms with E-state index in [0.29, 0.717) is 19.8 Å². The molecule has 3 rings (SSSR count). The summed E-state index contributed by atoms with van der Waals surface area (Å²) >= 11 is 1.47. The largest absolute Gasteiger partial charge is 0.463 e. The molecule has 0 bridgehead atoms. The van der Waals surface area contributed by atoms with Gasteiger partial charge >= 0.3 is 5.97 Å². The first kappa shape index (κ1) is 19.8. The van der Waals surface area contributed by atoms with Gasteiger partial charge in [0.05, 0.1) is 24.2 Å². The molecule has 1 fully saturated rings. The van der Waals surface area contributed by atoms with Crippen LogP contribution in [0.25, 0.3) is 16.5 Å². The van der Waals surface area contributed by atoms with E-state index in [1.807, 2.05) is 18.2 Å². The fourth-order valence-electron chi connectivity index (χ4n) is 2.49. The highest BCUT2D eigenvalue weighted by atomic mass is 32.2. The summed E-state index contributed by atoms with van der Waals surface area (Å²) in [7, 11) is -2.00. The van der Waals surface area contributed by atoms with Gasteiger partial charge in [-0.15, -0.1) is 11.3 Å². The predicted molar refractivity (Wildman–Crippen MR) is 105 cm³/mol. The molecule has 0 unspecified atom stereocenters. The van der Waals surface area contributed by atoms with Crippen molar-refractivity contribution in [1.29, 1.82) is 0 Å². The summed E-state index contributed by atoms with van der Waals surface area (Å²) < 4.78 is 36.8. The molecule has 1 aliphatic heterocycles. The SMILES string of the molecule is CCOC(=O)/C=C/c1ccc(-c2cccc(S(=O)(=O)N(C)C[C@H]3CO3)c2)s1. The normalized spacial score (nSPS) is 16.8. The number of carbonyl (C=O) groups is 1. The van der Waals surface area contributed by atoms with Crippen molar-refractivity contribution in [3.63, 3.8) is 0 Å². The van der Waals surface area contributed by atoms with E-state index in [9.17, 15) is 13.2 Å². The number of hydrogen-bond acceptors (Lipinski definition) is 6. The Balaban J connectivity index is 1.78. The molecule has 6 nitrogen and oxygen atoms in total. The first-order chi connectivity index (χ1) is 12.9. The van der Waals surface area contributed by atoms with Crippen LogP contribution in [-0.2, 0) is 24.3 Å². The van der Waals surface area contributed by atoms with E-state index in [1.165, 1.54) is 21.7 Å². The van der Waals surface area contributed by atoms with Crippen molar-refractivity contribution < 1.29 is 22.7 Å². The molecule has 144 valence electrons. The Morgan fingerprint density at radius 3 is 2.85 bits per heavy atom. The highest BCUT2D eigenvalue weighted by Crippen LogP contribution is 2.31. The van der Waals surface area contributed by atoms with Crippen LogP contribution in [0.4, 0.5) is 0 Å². The van der Waals surface area contributed by atoms with Gasteiger partial charge in [0.2, 0.25) is 10.0 Å². The summed E-state index contributed by atoms with van der Waals surface area (Å²) in [6.07, 6.45) is 3.07. The molecule has 2 heterocycles. The van der Waals surface area contributed by atoms with E-state index in [1.54, 1.807) is 38.2 Å². The summed E-state index contributed by atoms with van der Waals surface area (Å²) in [6, 6.07) is 10.7. The highest BCUT2D eigenvalue weighted by Gasteiger charge is 2.30. The fourth-order valence-corrected chi connectivity index (χ4v) is 4.64. The first-order valence-electron chi connectivity index (χ1n) is 8.53. The molecule has 1 aliphatic rings. The number of benzene rings is 1. The van der Waals surface area contributed by atoms with Gasteiger partial charge < -0.3 is 9.47 Å². The third-order valence-corrected chi connectivity index (χ3v) is 6.91. The minimum atomic E-state index is -3.56. The molecular weight excluding hydrogens is 386 g/mol. The van der Waals surface area contributed by atoms with E-state index >= 15 is 0 Å². The van der Waals surface area contributed by atoms with Crippen LogP contribution in [0.5, 0.6) is 0 Å². The van der Waals surface area contributed by atoms with Gasteiger partial charge in [0.1, 0.15) is 0 Å². The van der Waals surface area contributed by atoms with Gasteiger partial charge in [0.25, 0.3) is 0 Å². The molecule has 1 aromatic carbocycles. The molecule has 1 aromatic heterocycles. The smallest absolute Gasteiger partial charge is 0.330 e. The van der Waals surface area contributed by atoms with E-state index < -0.39 is 10.0 Å². The zero-order chi connectivity index (χ0) is 19.4. The van der Waals surface area contributed by atoms with Crippen molar-refractivity contribution in [2.45, 2.75) is 17.9 Å². The zero-order valence-electron chi connectivity index (χ0n) is 15.1. The Morgan fingerprint density at radius 2 is 2.15 bits per heavy atom. The second-order valence-electron chi connectivity index (χ2n) is 6.06. The van der Waals surface area contributed by atoms with Gasteiger partial charge in [-0.3, -0.25) is 0 Å². The number of likely N-dealkylation sites (N-methyl/N-ethyl adjacent to an activating group) is 1. The van der Waals surface area contributed by atoms with Crippen molar-refractivity contribution in [3.8, 4) is 10.4 Å². The zero-order valence-corrected chi connectivity index (χ0v) is 16.8. The molecule has 0 N–H and O–H groups in total. The lowest BCUT2D eigenvalue weighted by Crippen LogP contribution is -2.30. The van der Waals surface area contributed by atoms with Crippen LogP contribution in [0.3, 0.4) is 0 Å². The molecule has 8 heteroatoms. The molecule has 2 aromatic rings. The predicted octanol–water partition coefficient (Wildman–Crippen LogP) is 3.01. The molecule has 1 atom stereocenters. The van der Waals surface area contributed by atoms with E-state index in [4.69, 9.17) is 9.47 Å². The third kappa shape index (κ3) is 5.04. The number of rotatable bonds is 8. The van der Waals surface area contributed by atoms with Crippen molar-refractivity contribution in [3.05, 3.63) is 47.4 Å². The number of sulfonamides is 1. The lowest BCUT2D eigenvalue weighted by atomic mass is 10.2. The van der Waals surface area contributed by atoms with Crippen LogP contribution in [0.1, 0.15) is 11.8 Å². The Bertz CT molecular complexity index is 945. The summed E-state index contributed by atoms with van der Waals surface area (Å²) in [6.45, 7) is 3.05. The second-order valence-corrected chi connectivity index (χ2v) is 9.22. The minimum Gasteiger partial charge on any atom is -0.463 e. The molecular formula is C19H21NO5S2. The summed E-state index contributed by atoms with van der Waals surface area (Å²) in [5.74, 6) is -0.386. The maximum absolute atomic E-state index is 12.7. The molecule has 0 spiro atoms. The number of hydrogen-bond donors (Lipinski definition) is 0. The standard InChI is InChI=1S/C19H21NO5S2/c1-3-24-19(21)10-8-16-7-9-18(26-16)14-5-4-6-17(11-14)27(22,23)20(2)12-15-13-25-15/h4-11,15H,3,12-13H2,1-2H3/b10-8+/t15-/m0/s1. The Kier molecular flexibility index (Phi) is 6.11. The van der Waals surface area contributed by atoms with Gasteiger partial charge in [-0.05, 0) is 42.8 Å². The lowest BCUT2D eigenvalue weighted by molar-refractivity contribution is -0.137. The van der Waals surface area contributed by atoms with Gasteiger partial charge in [-0.25, -0.2) is 13.2 Å². The van der Waals surface area contributed by atoms with Crippen molar-refractivity contribution in [1.82, 2.24) is 4.31 Å². The van der Waals surface area contributed by atoms with E-state index in [2.05, 4.69) is 0 Å². The first-order valence-corrected chi connectivity index (χ1v) is 10.8. The van der Waals surface area contributed by atoms with E-state index in [-0.39, 0.29) is 17.0 Å². The summed E-state index contributed by atoms with van der Waals surface area (Å²) in [4.78, 5) is 13.5. The van der Waals surface area contributed by atoms with Crippen LogP contribution in [-0.4, -0.2) is 51.6 Å². The van der Waals surface area contributed by atoms with Crippen LogP contribution in [0.15, 0.2) is 47.4 Å².